The maximum atomic E-state index is 11.4. The van der Waals surface area contributed by atoms with Crippen LogP contribution < -0.4 is 0 Å². The van der Waals surface area contributed by atoms with E-state index in [1.54, 1.807) is 31.5 Å². The molecule has 6 aliphatic heterocycles. The number of methoxy groups -OCH3 is 3. The first-order chi connectivity index (χ1) is 54.3. The number of carbonyl (C=O) groups is 7. The second kappa shape index (κ2) is 67.1. The Bertz CT molecular complexity index is 2840. The Labute approximate surface area is 763 Å². The van der Waals surface area contributed by atoms with Crippen LogP contribution in [-0.2, 0) is 95.1 Å². The lowest BCUT2D eigenvalue weighted by molar-refractivity contribution is -0.167. The molecule has 0 aliphatic carbocycles. The summed E-state index contributed by atoms with van der Waals surface area (Å²) < 4.78 is 83.0. The Balaban J connectivity index is 0.000000688. The van der Waals surface area contributed by atoms with E-state index in [9.17, 15) is 38.7 Å². The first-order valence-corrected chi connectivity index (χ1v) is 46.7. The van der Waals surface area contributed by atoms with E-state index in [-0.39, 0.29) is 145 Å². The minimum Gasteiger partial charge on any atom is -0.462 e. The highest BCUT2D eigenvalue weighted by atomic mass is 123. The highest BCUT2D eigenvalue weighted by molar-refractivity contribution is 14.1. The summed E-state index contributed by atoms with van der Waals surface area (Å²) in [4.78, 5) is 91.7. The molecule has 0 saturated carbocycles. The number of aliphatic hydroxyl groups is 1. The maximum absolute atomic E-state index is 11.4. The normalized spacial score (nSPS) is 26.2. The fourth-order valence-corrected chi connectivity index (χ4v) is 16.8. The number of halogens is 6. The summed E-state index contributed by atoms with van der Waals surface area (Å²) in [6, 6.07) is 0. The molecule has 0 aromatic heterocycles. The van der Waals surface area contributed by atoms with Gasteiger partial charge in [-0.25, -0.2) is 0 Å². The molecular weight excluding hydrogens is 2130 g/mol. The summed E-state index contributed by atoms with van der Waals surface area (Å²) in [5.41, 5.74) is 0. The number of likely N-dealkylation sites (tertiary alicyclic amines) is 6. The molecule has 6 saturated heterocycles. The predicted molar refractivity (Wildman–Crippen MR) is 495 cm³/mol. The van der Waals surface area contributed by atoms with Crippen LogP contribution in [0.1, 0.15) is 132 Å². The highest BCUT2D eigenvalue weighted by Crippen LogP contribution is 2.32. The minimum absolute atomic E-state index is 0.00566. The molecule has 658 valence electrons. The zero-order chi connectivity index (χ0) is 85.5. The molecule has 0 aromatic rings. The van der Waals surface area contributed by atoms with Crippen molar-refractivity contribution in [3.05, 3.63) is 61.0 Å². The van der Waals surface area contributed by atoms with Gasteiger partial charge in [0.25, 0.3) is 0 Å². The van der Waals surface area contributed by atoms with E-state index in [0.29, 0.717) is 26.4 Å². The third kappa shape index (κ3) is 50.2. The van der Waals surface area contributed by atoms with Crippen molar-refractivity contribution in [3.63, 3.8) is 0 Å². The van der Waals surface area contributed by atoms with E-state index in [1.165, 1.54) is 48.5 Å². The van der Waals surface area contributed by atoms with Crippen molar-refractivity contribution in [1.82, 2.24) is 29.4 Å². The van der Waals surface area contributed by atoms with E-state index in [2.05, 4.69) is 197 Å². The second-order valence-corrected chi connectivity index (χ2v) is 33.7. The monoisotopic (exact) mass is 2270 g/mol. The first-order valence-electron chi connectivity index (χ1n) is 39.3. The molecule has 6 rings (SSSR count). The molecular formula is C81H136I6N6O21. The fraction of sp³-hybridized carbons (Fsp3) is 0.765. The van der Waals surface area contributed by atoms with Crippen LogP contribution >= 0.6 is 136 Å². The van der Waals surface area contributed by atoms with E-state index < -0.39 is 6.10 Å². The first kappa shape index (κ1) is 111. The number of carbonyl (C=O) groups excluding carboxylic acids is 7. The number of allylic oxidation sites excluding steroid dienone is 3. The van der Waals surface area contributed by atoms with Gasteiger partial charge in [-0.1, -0.05) is 160 Å². The van der Waals surface area contributed by atoms with Crippen LogP contribution in [0.25, 0.3) is 0 Å². The molecule has 27 nitrogen and oxygen atoms in total. The molecule has 17 unspecified atom stereocenters. The summed E-state index contributed by atoms with van der Waals surface area (Å²) in [6.07, 6.45) is 22.4. The topological polar surface area (TPSA) is 279 Å². The third-order valence-electron chi connectivity index (χ3n) is 20.0. The number of esters is 7. The zero-order valence-corrected chi connectivity index (χ0v) is 83.3. The smallest absolute Gasteiger partial charge is 0.303 e. The Morgan fingerprint density at radius 1 is 0.368 bits per heavy atom. The van der Waals surface area contributed by atoms with Crippen LogP contribution in [0, 0.1) is 29.6 Å². The van der Waals surface area contributed by atoms with Crippen molar-refractivity contribution < 1.29 is 100 Å². The van der Waals surface area contributed by atoms with Crippen molar-refractivity contribution in [3.8, 4) is 0 Å². The van der Waals surface area contributed by atoms with Crippen molar-refractivity contribution in [2.24, 2.45) is 29.6 Å². The van der Waals surface area contributed by atoms with Gasteiger partial charge in [-0.3, -0.25) is 33.6 Å². The number of ether oxygens (including phenoxy) is 13. The SMILES string of the molecule is CC(=O)OC(CC/C=C/[123I])C1CN(C)CCC1OC(C)=O.CC(=O)OC1CN(C)CCC1C(O)/C=C/[123I].CC(=O)OC1CN(C)CCC1OCC/C=C/[123I].COC(/C=C/[123I])C1CCN(C)CC1OC(C)=O.COC(CC/C=C/[123I])C1CN(C)CCC1OC(C)=O.COCCOCOC(CC/C=C/[123I])C1CN(C)CCC1OC(C)=O. The van der Waals surface area contributed by atoms with E-state index >= 15 is 0 Å². The summed E-state index contributed by atoms with van der Waals surface area (Å²) >= 11 is 13.1. The Hall–Kier alpha value is -1.41. The second-order valence-electron chi connectivity index (χ2n) is 29.4. The standard InChI is InChI=1S/C17H30INO5.C15H24INO4.C14H24INO3.2C12H20INO3.C11H18INO3/c1-14(20)24-17-7-9-19(2)12-15(17)16(6-4-5-8-18)23-13-22-11-10-21-3;1-11(18)20-14(6-4-5-8-16)13-10-17(3)9-7-15(13)21-12(2)19;1-11(17)19-14-7-9-16(2)10-12(14)13(18-3)6-4-5-8-15;1-9(15)17-12-8-14(2)7-5-10(12)11(16-3)4-6-13;1-10(15)17-12-9-14(2)7-5-11(12)16-8-4-3-6-13;1-8(14)16-11-7-13(2)6-4-9(11)10(15)3-5-12/h5,8,15-17H,4,6-7,9-13H2,1-3H3;5,8,13-15H,4,6-7,9-10H2,1-3H3;5,8,12-14H,4,6-7,9-10H2,1-3H3;4,6,10-12H,5,7-8H2,1-3H3;3,6,11-12H,4-5,7-9H2,1-2H3;3,5,9-11,15H,4,6-7H2,1-2H3/b3*8-5+;6-4+;6-3+;5-3+/i18-4;16-4;15-4;2*13-4;12-4. The molecule has 0 amide bonds. The summed E-state index contributed by atoms with van der Waals surface area (Å²) in [6.45, 7) is 22.6. The lowest BCUT2D eigenvalue weighted by Gasteiger charge is -2.40. The van der Waals surface area contributed by atoms with Gasteiger partial charge >= 0.3 is 41.8 Å². The summed E-state index contributed by atoms with van der Waals surface area (Å²) in [5.74, 6) is -1.02. The molecule has 0 bridgehead atoms. The van der Waals surface area contributed by atoms with Gasteiger partial charge in [0.15, 0.2) is 0 Å². The summed E-state index contributed by atoms with van der Waals surface area (Å²) in [7, 11) is 17.4. The van der Waals surface area contributed by atoms with Gasteiger partial charge in [0.2, 0.25) is 0 Å². The van der Waals surface area contributed by atoms with Gasteiger partial charge in [-0.2, -0.15) is 0 Å². The van der Waals surface area contributed by atoms with Crippen LogP contribution in [0.5, 0.6) is 0 Å². The molecule has 1 N–H and O–H groups in total. The Morgan fingerprint density at radius 3 is 1.12 bits per heavy atom. The maximum Gasteiger partial charge on any atom is 0.303 e. The molecule has 17 atom stereocenters. The number of hydrogen-bond donors (Lipinski definition) is 1. The van der Waals surface area contributed by atoms with Crippen LogP contribution in [0.3, 0.4) is 0 Å². The third-order valence-corrected chi connectivity index (χ3v) is 22.8. The summed E-state index contributed by atoms with van der Waals surface area (Å²) in [5, 5.41) is 9.94. The van der Waals surface area contributed by atoms with Crippen molar-refractivity contribution in [2.75, 3.05) is 169 Å². The molecule has 0 radical (unpaired) electrons. The lowest BCUT2D eigenvalue weighted by Crippen LogP contribution is -2.49. The number of aliphatic hydroxyl groups excluding tert-OH is 1. The molecule has 0 aromatic carbocycles. The lowest BCUT2D eigenvalue weighted by atomic mass is 9.87. The molecule has 33 heteroatoms. The molecule has 6 fully saturated rings. The fourth-order valence-electron chi connectivity index (χ4n) is 14.6. The van der Waals surface area contributed by atoms with Gasteiger partial charge in [0.05, 0.1) is 50.3 Å². The average molecular weight is 2270 g/mol. The molecule has 114 heavy (non-hydrogen) atoms. The number of nitrogens with zero attached hydrogens (tertiary/aromatic N) is 6. The number of hydrogen-bond acceptors (Lipinski definition) is 27. The van der Waals surface area contributed by atoms with E-state index in [4.69, 9.17) is 61.6 Å². The number of likely N-dealkylation sites (N-methyl/N-ethyl adjacent to an activating group) is 3. The van der Waals surface area contributed by atoms with Gasteiger partial charge in [-0.15, -0.1) is 0 Å². The van der Waals surface area contributed by atoms with Gasteiger partial charge in [0, 0.05) is 165 Å². The Morgan fingerprint density at radius 2 is 0.719 bits per heavy atom. The van der Waals surface area contributed by atoms with Crippen LogP contribution in [0.4, 0.5) is 0 Å². The van der Waals surface area contributed by atoms with Crippen LogP contribution in [0.2, 0.25) is 0 Å². The van der Waals surface area contributed by atoms with Gasteiger partial charge < -0.3 is 96.1 Å². The van der Waals surface area contributed by atoms with Crippen LogP contribution in [-0.4, -0.2) is 318 Å². The zero-order valence-electron chi connectivity index (χ0n) is 70.3. The largest absolute Gasteiger partial charge is 0.462 e. The van der Waals surface area contributed by atoms with Crippen molar-refractivity contribution in [1.29, 1.82) is 0 Å². The molecule has 6 heterocycles. The predicted octanol–water partition coefficient (Wildman–Crippen LogP) is 12.7. The molecule has 6 aliphatic rings. The van der Waals surface area contributed by atoms with Gasteiger partial charge in [0.1, 0.15) is 49.5 Å². The molecule has 0 spiro atoms. The number of rotatable bonds is 35. The minimum atomic E-state index is -0.532. The number of piperidine rings is 6. The van der Waals surface area contributed by atoms with E-state index in [0.717, 1.165) is 155 Å². The Kier molecular flexibility index (Phi) is 65.1. The quantitative estimate of drug-likeness (QED) is 0.0203. The van der Waals surface area contributed by atoms with E-state index in [1.807, 2.05) is 60.8 Å². The van der Waals surface area contributed by atoms with Crippen molar-refractivity contribution in [2.45, 2.75) is 205 Å². The van der Waals surface area contributed by atoms with Crippen molar-refractivity contribution >= 4 is 177 Å². The highest BCUT2D eigenvalue weighted by Gasteiger charge is 2.41. The average Bonchev–Trinajstić information content (AvgIpc) is 0.859. The van der Waals surface area contributed by atoms with Gasteiger partial charge in [-0.05, 0) is 175 Å². The van der Waals surface area contributed by atoms with Crippen LogP contribution in [0.15, 0.2) is 61.0 Å².